The zero-order valence-electron chi connectivity index (χ0n) is 16.9. The number of unbranched alkanes of at least 4 members (excludes halogenated alkanes) is 11. The van der Waals surface area contributed by atoms with E-state index >= 15 is 0 Å². The molecule has 1 nitrogen and oxygen atoms in total. The maximum atomic E-state index is 5.53. The molecule has 0 bridgehead atoms. The molecule has 1 heteroatoms. The number of nitrogens with two attached hydrogens (primary N) is 1. The average molecular weight is 338 g/mol. The largest absolute Gasteiger partial charge is 0.330 e. The van der Waals surface area contributed by atoms with Crippen molar-refractivity contribution in [2.45, 2.75) is 129 Å². The van der Waals surface area contributed by atoms with Crippen LogP contribution in [0.3, 0.4) is 0 Å². The Morgan fingerprint density at radius 2 is 0.917 bits per heavy atom. The van der Waals surface area contributed by atoms with Crippen molar-refractivity contribution >= 4 is 0 Å². The lowest BCUT2D eigenvalue weighted by Gasteiger charge is -2.28. The lowest BCUT2D eigenvalue weighted by atomic mass is 9.78. The van der Waals surface area contributed by atoms with Gasteiger partial charge in [-0.3, -0.25) is 0 Å². The lowest BCUT2D eigenvalue weighted by Crippen LogP contribution is -2.14. The van der Waals surface area contributed by atoms with Crippen molar-refractivity contribution < 1.29 is 0 Å². The zero-order chi connectivity index (χ0) is 17.3. The molecule has 1 aliphatic carbocycles. The van der Waals surface area contributed by atoms with E-state index in [0.717, 1.165) is 18.4 Å². The van der Waals surface area contributed by atoms with Gasteiger partial charge in [-0.25, -0.2) is 0 Å². The molecule has 0 unspecified atom stereocenters. The fourth-order valence-electron chi connectivity index (χ4n) is 4.48. The molecule has 0 spiro atoms. The summed E-state index contributed by atoms with van der Waals surface area (Å²) in [4.78, 5) is 0. The predicted octanol–water partition coefficient (Wildman–Crippen LogP) is 7.62. The first-order chi connectivity index (χ1) is 11.9. The van der Waals surface area contributed by atoms with Gasteiger partial charge in [0.05, 0.1) is 0 Å². The van der Waals surface area contributed by atoms with Gasteiger partial charge >= 0.3 is 0 Å². The van der Waals surface area contributed by atoms with Crippen LogP contribution in [-0.2, 0) is 0 Å². The van der Waals surface area contributed by atoms with Gasteiger partial charge in [0, 0.05) is 0 Å². The Labute approximate surface area is 153 Å². The zero-order valence-corrected chi connectivity index (χ0v) is 16.9. The maximum absolute atomic E-state index is 5.53. The molecule has 0 aliphatic heterocycles. The molecule has 1 fully saturated rings. The van der Waals surface area contributed by atoms with Crippen molar-refractivity contribution in [1.82, 2.24) is 0 Å². The summed E-state index contributed by atoms with van der Waals surface area (Å²) in [5.74, 6) is 2.15. The van der Waals surface area contributed by atoms with Crippen molar-refractivity contribution in [3.8, 4) is 0 Å². The molecule has 0 radical (unpaired) electrons. The smallest absolute Gasteiger partial charge is 0.00773 e. The van der Waals surface area contributed by atoms with Crippen LogP contribution in [-0.4, -0.2) is 6.54 Å². The van der Waals surface area contributed by atoms with Crippen molar-refractivity contribution in [1.29, 1.82) is 0 Å². The summed E-state index contributed by atoms with van der Waals surface area (Å²) in [7, 11) is 0. The van der Waals surface area contributed by atoms with E-state index in [4.69, 9.17) is 5.73 Å². The van der Waals surface area contributed by atoms with Crippen LogP contribution in [0.1, 0.15) is 129 Å². The van der Waals surface area contributed by atoms with Crippen LogP contribution in [0.4, 0.5) is 0 Å². The Hall–Kier alpha value is -0.0400. The first-order valence-electron chi connectivity index (χ1n) is 11.6. The molecular weight excluding hydrogens is 290 g/mol. The van der Waals surface area contributed by atoms with Crippen LogP contribution >= 0.6 is 0 Å². The minimum absolute atomic E-state index is 0.876. The molecule has 144 valence electrons. The molecule has 24 heavy (non-hydrogen) atoms. The Morgan fingerprint density at radius 1 is 0.542 bits per heavy atom. The molecule has 0 heterocycles. The molecule has 0 aromatic heterocycles. The number of hydrogen-bond donors (Lipinski definition) is 1. The van der Waals surface area contributed by atoms with E-state index in [1.807, 2.05) is 0 Å². The third-order valence-electron chi connectivity index (χ3n) is 6.25. The first-order valence-corrected chi connectivity index (χ1v) is 11.6. The Balaban J connectivity index is 1.84. The molecule has 1 aliphatic rings. The molecule has 1 saturated carbocycles. The van der Waals surface area contributed by atoms with Crippen molar-refractivity contribution in [3.63, 3.8) is 0 Å². The van der Waals surface area contributed by atoms with Gasteiger partial charge < -0.3 is 5.73 Å². The van der Waals surface area contributed by atoms with E-state index in [2.05, 4.69) is 6.92 Å². The number of rotatable bonds is 16. The van der Waals surface area contributed by atoms with Crippen LogP contribution in [0, 0.1) is 11.8 Å². The predicted molar refractivity (Wildman–Crippen MR) is 109 cm³/mol. The highest BCUT2D eigenvalue weighted by Crippen LogP contribution is 2.34. The molecule has 0 amide bonds. The van der Waals surface area contributed by atoms with Gasteiger partial charge in [0.15, 0.2) is 0 Å². The highest BCUT2D eigenvalue weighted by Gasteiger charge is 2.20. The fraction of sp³-hybridized carbons (Fsp3) is 1.00. The summed E-state index contributed by atoms with van der Waals surface area (Å²) < 4.78 is 0. The second-order valence-electron chi connectivity index (χ2n) is 8.50. The molecule has 0 aromatic carbocycles. The van der Waals surface area contributed by atoms with Gasteiger partial charge in [0.2, 0.25) is 0 Å². The van der Waals surface area contributed by atoms with E-state index in [0.29, 0.717) is 0 Å². The highest BCUT2D eigenvalue weighted by molar-refractivity contribution is 4.72. The third kappa shape index (κ3) is 12.3. The van der Waals surface area contributed by atoms with Crippen molar-refractivity contribution in [3.05, 3.63) is 0 Å². The van der Waals surface area contributed by atoms with Gasteiger partial charge in [0.25, 0.3) is 0 Å². The summed E-state index contributed by atoms with van der Waals surface area (Å²) in [5.41, 5.74) is 5.53. The van der Waals surface area contributed by atoms with Crippen molar-refractivity contribution in [2.75, 3.05) is 6.54 Å². The number of hydrogen-bond acceptors (Lipinski definition) is 1. The van der Waals surface area contributed by atoms with Crippen LogP contribution in [0.2, 0.25) is 0 Å². The summed E-state index contributed by atoms with van der Waals surface area (Å²) >= 11 is 0. The minimum Gasteiger partial charge on any atom is -0.330 e. The Kier molecular flexibility index (Phi) is 15.1. The van der Waals surface area contributed by atoms with Gasteiger partial charge in [-0.05, 0) is 24.8 Å². The molecular formula is C23H47N. The van der Waals surface area contributed by atoms with E-state index in [1.165, 1.54) is 96.3 Å². The SMILES string of the molecule is CCCCCCCC1CCC(CCCCCCCCCCN)CC1. The van der Waals surface area contributed by atoms with Crippen LogP contribution < -0.4 is 5.73 Å². The summed E-state index contributed by atoms with van der Waals surface area (Å²) in [5, 5.41) is 0. The topological polar surface area (TPSA) is 26.0 Å². The molecule has 0 saturated heterocycles. The Morgan fingerprint density at radius 3 is 1.33 bits per heavy atom. The minimum atomic E-state index is 0.876. The maximum Gasteiger partial charge on any atom is -0.00773 e. The summed E-state index contributed by atoms with van der Waals surface area (Å²) in [6.45, 7) is 3.19. The second-order valence-corrected chi connectivity index (χ2v) is 8.50. The third-order valence-corrected chi connectivity index (χ3v) is 6.25. The summed E-state index contributed by atoms with van der Waals surface area (Å²) in [6, 6.07) is 0. The monoisotopic (exact) mass is 337 g/mol. The lowest BCUT2D eigenvalue weighted by molar-refractivity contribution is 0.244. The average Bonchev–Trinajstić information content (AvgIpc) is 2.61. The standard InChI is InChI=1S/C23H47N/c1-2-3-4-9-12-15-22-17-19-23(20-18-22)16-13-10-7-5-6-8-11-14-21-24/h22-23H,2-21,24H2,1H3. The van der Waals surface area contributed by atoms with Crippen LogP contribution in [0.5, 0.6) is 0 Å². The van der Waals surface area contributed by atoms with Crippen LogP contribution in [0.25, 0.3) is 0 Å². The van der Waals surface area contributed by atoms with E-state index in [9.17, 15) is 0 Å². The molecule has 1 rings (SSSR count). The normalized spacial score (nSPS) is 21.2. The van der Waals surface area contributed by atoms with Gasteiger partial charge in [-0.2, -0.15) is 0 Å². The second kappa shape index (κ2) is 16.4. The van der Waals surface area contributed by atoms with Gasteiger partial charge in [-0.15, -0.1) is 0 Å². The molecule has 2 N–H and O–H groups in total. The molecule has 0 atom stereocenters. The first kappa shape index (κ1) is 22.0. The highest BCUT2D eigenvalue weighted by atomic mass is 14.5. The van der Waals surface area contributed by atoms with Gasteiger partial charge in [-0.1, -0.05) is 122 Å². The molecule has 0 aromatic rings. The van der Waals surface area contributed by atoms with Crippen LogP contribution in [0.15, 0.2) is 0 Å². The van der Waals surface area contributed by atoms with E-state index in [1.54, 1.807) is 25.7 Å². The van der Waals surface area contributed by atoms with Gasteiger partial charge in [0.1, 0.15) is 0 Å². The quantitative estimate of drug-likeness (QED) is 0.288. The fourth-order valence-corrected chi connectivity index (χ4v) is 4.48. The Bertz CT molecular complexity index is 242. The van der Waals surface area contributed by atoms with Crippen molar-refractivity contribution in [2.24, 2.45) is 17.6 Å². The van der Waals surface area contributed by atoms with E-state index in [-0.39, 0.29) is 0 Å². The van der Waals surface area contributed by atoms with E-state index < -0.39 is 0 Å². The summed E-state index contributed by atoms with van der Waals surface area (Å²) in [6.07, 6.45) is 27.8.